The Kier molecular flexibility index (Phi) is 2.54. The Morgan fingerprint density at radius 3 is 2.78 bits per heavy atom. The number of hydrogen-bond acceptors (Lipinski definition) is 2. The fraction of sp³-hybridized carbons (Fsp3) is 0.500. The molecule has 1 N–H and O–H groups in total. The molecule has 0 aromatic heterocycles. The summed E-state index contributed by atoms with van der Waals surface area (Å²) < 4.78 is 14.1. The van der Waals surface area contributed by atoms with Gasteiger partial charge >= 0.3 is 5.97 Å². The van der Waals surface area contributed by atoms with Gasteiger partial charge in [0.25, 0.3) is 0 Å². The van der Waals surface area contributed by atoms with Crippen LogP contribution in [0.15, 0.2) is 18.2 Å². The predicted octanol–water partition coefficient (Wildman–Crippen LogP) is 2.54. The topological polar surface area (TPSA) is 40.5 Å². The first-order valence-corrected chi connectivity index (χ1v) is 6.38. The van der Waals surface area contributed by atoms with E-state index in [1.807, 2.05) is 11.0 Å². The van der Waals surface area contributed by atoms with Crippen molar-refractivity contribution in [2.24, 2.45) is 0 Å². The molecule has 1 aromatic rings. The smallest absolute Gasteiger partial charge is 0.323 e. The van der Waals surface area contributed by atoms with Gasteiger partial charge in [-0.25, -0.2) is 4.39 Å². The Hall–Kier alpha value is -1.58. The minimum atomic E-state index is -0.861. The number of carbonyl (C=O) groups is 1. The van der Waals surface area contributed by atoms with Gasteiger partial charge in [-0.1, -0.05) is 18.9 Å². The van der Waals surface area contributed by atoms with E-state index in [9.17, 15) is 9.18 Å². The lowest BCUT2D eigenvalue weighted by Crippen LogP contribution is -2.34. The lowest BCUT2D eigenvalue weighted by Gasteiger charge is -2.24. The molecule has 1 spiro atoms. The Balaban J connectivity index is 2.07. The standard InChI is InChI=1S/C14H16FNO2/c15-10-4-3-5-11-13(10)14(6-1-2-7-14)9-16(11)8-12(17)18/h3-5H,1-2,6-9H2,(H,17,18). The third-order valence-corrected chi connectivity index (χ3v) is 4.24. The third-order valence-electron chi connectivity index (χ3n) is 4.24. The number of fused-ring (bicyclic) bond motifs is 2. The van der Waals surface area contributed by atoms with Gasteiger partial charge in [-0.15, -0.1) is 0 Å². The van der Waals surface area contributed by atoms with Crippen LogP contribution in [0.4, 0.5) is 10.1 Å². The van der Waals surface area contributed by atoms with Crippen molar-refractivity contribution < 1.29 is 14.3 Å². The first-order valence-electron chi connectivity index (χ1n) is 6.38. The van der Waals surface area contributed by atoms with Crippen LogP contribution in [-0.2, 0) is 10.2 Å². The van der Waals surface area contributed by atoms with Crippen LogP contribution in [-0.4, -0.2) is 24.2 Å². The Bertz CT molecular complexity index is 495. The van der Waals surface area contributed by atoms with Crippen LogP contribution in [0.3, 0.4) is 0 Å². The van der Waals surface area contributed by atoms with Gasteiger partial charge in [0.1, 0.15) is 12.4 Å². The van der Waals surface area contributed by atoms with Gasteiger partial charge in [0.2, 0.25) is 0 Å². The zero-order chi connectivity index (χ0) is 12.8. The van der Waals surface area contributed by atoms with Crippen LogP contribution in [0.1, 0.15) is 31.2 Å². The molecule has 3 rings (SSSR count). The van der Waals surface area contributed by atoms with Crippen molar-refractivity contribution in [2.45, 2.75) is 31.1 Å². The monoisotopic (exact) mass is 249 g/mol. The highest BCUT2D eigenvalue weighted by atomic mass is 19.1. The van der Waals surface area contributed by atoms with Crippen LogP contribution in [0, 0.1) is 5.82 Å². The number of carboxylic acids is 1. The molecular formula is C14H16FNO2. The minimum absolute atomic E-state index is 0.0434. The van der Waals surface area contributed by atoms with E-state index in [4.69, 9.17) is 5.11 Å². The summed E-state index contributed by atoms with van der Waals surface area (Å²) in [5, 5.41) is 8.96. The Labute approximate surface area is 105 Å². The Morgan fingerprint density at radius 2 is 2.11 bits per heavy atom. The second kappa shape index (κ2) is 3.97. The van der Waals surface area contributed by atoms with Gasteiger partial charge in [-0.3, -0.25) is 4.79 Å². The molecule has 1 aromatic carbocycles. The van der Waals surface area contributed by atoms with Gasteiger partial charge in [-0.2, -0.15) is 0 Å². The second-order valence-electron chi connectivity index (χ2n) is 5.37. The zero-order valence-corrected chi connectivity index (χ0v) is 10.2. The van der Waals surface area contributed by atoms with Crippen molar-refractivity contribution in [1.29, 1.82) is 0 Å². The molecule has 0 unspecified atom stereocenters. The first-order chi connectivity index (χ1) is 8.62. The number of carboxylic acid groups (broad SMARTS) is 1. The summed E-state index contributed by atoms with van der Waals surface area (Å²) in [6.45, 7) is 0.605. The molecule has 1 heterocycles. The van der Waals surface area contributed by atoms with Crippen molar-refractivity contribution in [1.82, 2.24) is 0 Å². The molecule has 2 aliphatic rings. The molecule has 0 bridgehead atoms. The van der Waals surface area contributed by atoms with Crippen LogP contribution in [0.5, 0.6) is 0 Å². The molecule has 4 heteroatoms. The van der Waals surface area contributed by atoms with Crippen molar-refractivity contribution in [2.75, 3.05) is 18.0 Å². The second-order valence-corrected chi connectivity index (χ2v) is 5.37. The summed E-state index contributed by atoms with van der Waals surface area (Å²) in [5.41, 5.74) is 1.39. The number of rotatable bonds is 2. The third kappa shape index (κ3) is 1.59. The quantitative estimate of drug-likeness (QED) is 0.875. The van der Waals surface area contributed by atoms with E-state index in [0.717, 1.165) is 36.9 Å². The summed E-state index contributed by atoms with van der Waals surface area (Å²) in [7, 11) is 0. The SMILES string of the molecule is O=C(O)CN1CC2(CCCC2)c2c(F)cccc21. The van der Waals surface area contributed by atoms with E-state index in [1.165, 1.54) is 6.07 Å². The van der Waals surface area contributed by atoms with E-state index in [2.05, 4.69) is 0 Å². The fourth-order valence-corrected chi connectivity index (χ4v) is 3.60. The van der Waals surface area contributed by atoms with Gasteiger partial charge < -0.3 is 10.0 Å². The highest BCUT2D eigenvalue weighted by Crippen LogP contribution is 2.51. The number of anilines is 1. The molecule has 96 valence electrons. The molecule has 1 fully saturated rings. The summed E-state index contributed by atoms with van der Waals surface area (Å²) in [6, 6.07) is 4.99. The highest BCUT2D eigenvalue weighted by Gasteiger charge is 2.46. The molecule has 1 saturated carbocycles. The normalized spacial score (nSPS) is 20.4. The molecule has 0 saturated heterocycles. The lowest BCUT2D eigenvalue weighted by atomic mass is 9.80. The fourth-order valence-electron chi connectivity index (χ4n) is 3.60. The molecule has 0 amide bonds. The van der Waals surface area contributed by atoms with E-state index in [0.29, 0.717) is 6.54 Å². The molecular weight excluding hydrogens is 233 g/mol. The summed E-state index contributed by atoms with van der Waals surface area (Å²) in [6.07, 6.45) is 4.15. The lowest BCUT2D eigenvalue weighted by molar-refractivity contribution is -0.135. The van der Waals surface area contributed by atoms with Crippen molar-refractivity contribution >= 4 is 11.7 Å². The highest BCUT2D eigenvalue weighted by molar-refractivity contribution is 5.76. The van der Waals surface area contributed by atoms with E-state index >= 15 is 0 Å². The zero-order valence-electron chi connectivity index (χ0n) is 10.2. The van der Waals surface area contributed by atoms with Gasteiger partial charge in [-0.05, 0) is 25.0 Å². The van der Waals surface area contributed by atoms with Crippen LogP contribution >= 0.6 is 0 Å². The summed E-state index contributed by atoms with van der Waals surface area (Å²) in [4.78, 5) is 12.7. The molecule has 0 atom stereocenters. The molecule has 3 nitrogen and oxygen atoms in total. The van der Waals surface area contributed by atoms with Crippen LogP contribution < -0.4 is 4.90 Å². The minimum Gasteiger partial charge on any atom is -0.480 e. The first kappa shape index (κ1) is 11.5. The molecule has 0 radical (unpaired) electrons. The molecule has 18 heavy (non-hydrogen) atoms. The van der Waals surface area contributed by atoms with Gasteiger partial charge in [0.05, 0.1) is 0 Å². The maximum absolute atomic E-state index is 14.1. The predicted molar refractivity (Wildman–Crippen MR) is 66.4 cm³/mol. The van der Waals surface area contributed by atoms with Crippen molar-refractivity contribution in [3.63, 3.8) is 0 Å². The van der Waals surface area contributed by atoms with Gasteiger partial charge in [0.15, 0.2) is 0 Å². The van der Waals surface area contributed by atoms with E-state index < -0.39 is 5.97 Å². The average molecular weight is 249 g/mol. The number of aliphatic carboxylic acids is 1. The average Bonchev–Trinajstić information content (AvgIpc) is 2.87. The van der Waals surface area contributed by atoms with Crippen LogP contribution in [0.2, 0.25) is 0 Å². The Morgan fingerprint density at radius 1 is 1.39 bits per heavy atom. The summed E-state index contributed by atoms with van der Waals surface area (Å²) in [5.74, 6) is -1.04. The number of benzene rings is 1. The molecule has 1 aliphatic carbocycles. The largest absolute Gasteiger partial charge is 0.480 e. The van der Waals surface area contributed by atoms with Gasteiger partial charge in [0, 0.05) is 23.2 Å². The maximum Gasteiger partial charge on any atom is 0.323 e. The number of halogens is 1. The number of hydrogen-bond donors (Lipinski definition) is 1. The maximum atomic E-state index is 14.1. The number of nitrogens with zero attached hydrogens (tertiary/aromatic N) is 1. The summed E-state index contributed by atoms with van der Waals surface area (Å²) >= 11 is 0. The van der Waals surface area contributed by atoms with Crippen LogP contribution in [0.25, 0.3) is 0 Å². The van der Waals surface area contributed by atoms with Crippen molar-refractivity contribution in [3.8, 4) is 0 Å². The molecule has 1 aliphatic heterocycles. The van der Waals surface area contributed by atoms with Crippen molar-refractivity contribution in [3.05, 3.63) is 29.6 Å². The van der Waals surface area contributed by atoms with E-state index in [-0.39, 0.29) is 17.8 Å². The van der Waals surface area contributed by atoms with E-state index in [1.54, 1.807) is 6.07 Å².